The number of carbonyl (C=O) groups is 2. The minimum atomic E-state index is -0.707. The molecule has 1 amide bonds. The van der Waals surface area contributed by atoms with Crippen LogP contribution in [0.3, 0.4) is 0 Å². The molecule has 0 saturated carbocycles. The number of rotatable bonds is 6. The van der Waals surface area contributed by atoms with Crippen molar-refractivity contribution in [1.82, 2.24) is 25.2 Å². The molecule has 3 aromatic rings. The summed E-state index contributed by atoms with van der Waals surface area (Å²) < 4.78 is 10.8. The molecule has 5 rings (SSSR count). The molecule has 2 N–H and O–H groups in total. The minimum absolute atomic E-state index is 0.0190. The van der Waals surface area contributed by atoms with Crippen molar-refractivity contribution in [2.24, 2.45) is 18.7 Å². The molecule has 0 radical (unpaired) electrons. The highest BCUT2D eigenvalue weighted by molar-refractivity contribution is 5.94. The van der Waals surface area contributed by atoms with Gasteiger partial charge in [-0.2, -0.15) is 4.80 Å². The second-order valence-corrected chi connectivity index (χ2v) is 8.84. The minimum Gasteiger partial charge on any atom is -0.460 e. The monoisotopic (exact) mass is 463 g/mol. The molecular weight excluding hydrogens is 438 g/mol. The molecule has 3 atom stereocenters. The maximum atomic E-state index is 12.6. The van der Waals surface area contributed by atoms with Gasteiger partial charge >= 0.3 is 12.1 Å². The zero-order valence-corrected chi connectivity index (χ0v) is 19.1. The Morgan fingerprint density at radius 1 is 1.26 bits per heavy atom. The van der Waals surface area contributed by atoms with E-state index < -0.39 is 24.2 Å². The zero-order chi connectivity index (χ0) is 24.0. The van der Waals surface area contributed by atoms with E-state index in [0.29, 0.717) is 17.9 Å². The highest BCUT2D eigenvalue weighted by Crippen LogP contribution is 2.40. The van der Waals surface area contributed by atoms with Crippen LogP contribution in [0.4, 0.5) is 10.5 Å². The van der Waals surface area contributed by atoms with Crippen LogP contribution in [0.1, 0.15) is 19.4 Å². The lowest BCUT2D eigenvalue weighted by Gasteiger charge is -2.19. The normalized spacial score (nSPS) is 19.7. The fraction of sp³-hybridized carbons (Fsp3) is 0.391. The van der Waals surface area contributed by atoms with E-state index >= 15 is 0 Å². The number of aryl methyl sites for hydroxylation is 1. The van der Waals surface area contributed by atoms with Gasteiger partial charge in [-0.1, -0.05) is 26.0 Å². The molecule has 2 aliphatic rings. The van der Waals surface area contributed by atoms with E-state index in [4.69, 9.17) is 15.2 Å². The molecule has 34 heavy (non-hydrogen) atoms. The molecule has 1 fully saturated rings. The summed E-state index contributed by atoms with van der Waals surface area (Å²) in [5, 5.41) is 12.0. The van der Waals surface area contributed by atoms with E-state index in [1.54, 1.807) is 18.1 Å². The largest absolute Gasteiger partial charge is 0.460 e. The van der Waals surface area contributed by atoms with Gasteiger partial charge in [-0.3, -0.25) is 14.7 Å². The molecule has 11 nitrogen and oxygen atoms in total. The summed E-state index contributed by atoms with van der Waals surface area (Å²) in [4.78, 5) is 32.2. The number of carbonyl (C=O) groups excluding carboxylic acids is 2. The molecule has 2 aromatic heterocycles. The number of hydrogen-bond donors (Lipinski definition) is 1. The molecule has 0 aliphatic carbocycles. The predicted octanol–water partition coefficient (Wildman–Crippen LogP) is 1.72. The first-order valence-electron chi connectivity index (χ1n) is 11.1. The number of pyridine rings is 1. The van der Waals surface area contributed by atoms with Crippen LogP contribution in [-0.2, 0) is 27.7 Å². The fourth-order valence-corrected chi connectivity index (χ4v) is 4.22. The van der Waals surface area contributed by atoms with Crippen molar-refractivity contribution in [3.05, 3.63) is 42.1 Å². The zero-order valence-electron chi connectivity index (χ0n) is 19.1. The van der Waals surface area contributed by atoms with E-state index in [1.807, 2.05) is 38.1 Å². The van der Waals surface area contributed by atoms with Crippen molar-refractivity contribution in [2.45, 2.75) is 38.5 Å². The number of anilines is 1. The van der Waals surface area contributed by atoms with Gasteiger partial charge in [-0.15, -0.1) is 10.2 Å². The second-order valence-electron chi connectivity index (χ2n) is 8.84. The standard InChI is InChI=1S/C23H25N7O4/c1-12(2)20(24)22(31)33-11-19-18-9-15-8-13(5-7-17(15)30(18)23(32)34-19)14-4-6-16(25-10-14)21-26-28-29(3)27-21/h4-8,10,12,18-20H,9,11,24H2,1-3H3/t18-,19-,20-/m0/s1. The summed E-state index contributed by atoms with van der Waals surface area (Å²) in [5.74, 6) is -0.0668. The van der Waals surface area contributed by atoms with Crippen molar-refractivity contribution in [1.29, 1.82) is 0 Å². The average molecular weight is 463 g/mol. The Bertz CT molecular complexity index is 1240. The van der Waals surface area contributed by atoms with E-state index in [-0.39, 0.29) is 18.6 Å². The number of ether oxygens (including phenoxy) is 2. The van der Waals surface area contributed by atoms with Crippen LogP contribution in [0.5, 0.6) is 0 Å². The van der Waals surface area contributed by atoms with Crippen molar-refractivity contribution in [3.8, 4) is 22.6 Å². The summed E-state index contributed by atoms with van der Waals surface area (Å²) in [5.41, 5.74) is 10.2. The van der Waals surface area contributed by atoms with Gasteiger partial charge in [0.05, 0.1) is 18.8 Å². The lowest BCUT2D eigenvalue weighted by atomic mass is 10.0. The molecule has 4 heterocycles. The Kier molecular flexibility index (Phi) is 5.48. The summed E-state index contributed by atoms with van der Waals surface area (Å²) in [7, 11) is 1.70. The van der Waals surface area contributed by atoms with E-state index in [0.717, 1.165) is 22.4 Å². The molecule has 0 bridgehead atoms. The average Bonchev–Trinajstić information content (AvgIpc) is 3.51. The van der Waals surface area contributed by atoms with Crippen LogP contribution in [0.25, 0.3) is 22.6 Å². The molecule has 0 spiro atoms. The molecule has 1 aromatic carbocycles. The Morgan fingerprint density at radius 2 is 2.06 bits per heavy atom. The number of esters is 1. The number of amides is 1. The summed E-state index contributed by atoms with van der Waals surface area (Å²) >= 11 is 0. The van der Waals surface area contributed by atoms with Crippen molar-refractivity contribution >= 4 is 17.7 Å². The number of aromatic nitrogens is 5. The summed E-state index contributed by atoms with van der Waals surface area (Å²) in [6.45, 7) is 3.68. The lowest BCUT2D eigenvalue weighted by molar-refractivity contribution is -0.149. The fourth-order valence-electron chi connectivity index (χ4n) is 4.22. The van der Waals surface area contributed by atoms with E-state index in [1.165, 1.54) is 4.80 Å². The molecule has 176 valence electrons. The van der Waals surface area contributed by atoms with Gasteiger partial charge in [0.25, 0.3) is 0 Å². The third-order valence-corrected chi connectivity index (χ3v) is 6.19. The van der Waals surface area contributed by atoms with Crippen LogP contribution in [-0.4, -0.2) is 62.0 Å². The third kappa shape index (κ3) is 3.87. The molecule has 2 aliphatic heterocycles. The van der Waals surface area contributed by atoms with Crippen LogP contribution >= 0.6 is 0 Å². The summed E-state index contributed by atoms with van der Waals surface area (Å²) in [6, 6.07) is 8.77. The highest BCUT2D eigenvalue weighted by Gasteiger charge is 2.48. The molecule has 11 heteroatoms. The van der Waals surface area contributed by atoms with Gasteiger partial charge < -0.3 is 15.2 Å². The van der Waals surface area contributed by atoms with Crippen LogP contribution in [0.2, 0.25) is 0 Å². The van der Waals surface area contributed by atoms with Crippen LogP contribution in [0.15, 0.2) is 36.5 Å². The van der Waals surface area contributed by atoms with Crippen LogP contribution in [0, 0.1) is 5.92 Å². The SMILES string of the molecule is CC(C)[C@H](N)C(=O)OC[C@@H]1OC(=O)N2c3ccc(-c4ccc(-c5nnn(C)n5)nc4)cc3C[C@@H]12. The lowest BCUT2D eigenvalue weighted by Crippen LogP contribution is -2.40. The Labute approximate surface area is 195 Å². The van der Waals surface area contributed by atoms with Crippen molar-refractivity contribution in [3.63, 3.8) is 0 Å². The second kappa shape index (κ2) is 8.49. The topological polar surface area (TPSA) is 138 Å². The summed E-state index contributed by atoms with van der Waals surface area (Å²) in [6.07, 6.45) is 1.38. The van der Waals surface area contributed by atoms with E-state index in [2.05, 4.69) is 26.5 Å². The molecule has 1 saturated heterocycles. The Balaban J connectivity index is 1.31. The van der Waals surface area contributed by atoms with Crippen LogP contribution < -0.4 is 10.6 Å². The van der Waals surface area contributed by atoms with Gasteiger partial charge in [0.15, 0.2) is 6.10 Å². The smallest absolute Gasteiger partial charge is 0.415 e. The van der Waals surface area contributed by atoms with Gasteiger partial charge in [-0.05, 0) is 46.9 Å². The maximum Gasteiger partial charge on any atom is 0.415 e. The number of nitrogens with two attached hydrogens (primary N) is 1. The first-order chi connectivity index (χ1) is 16.3. The number of benzene rings is 1. The Morgan fingerprint density at radius 3 is 2.74 bits per heavy atom. The number of hydrogen-bond acceptors (Lipinski definition) is 9. The van der Waals surface area contributed by atoms with Crippen molar-refractivity contribution < 1.29 is 19.1 Å². The molecular formula is C23H25N7O4. The van der Waals surface area contributed by atoms with E-state index in [9.17, 15) is 9.59 Å². The maximum absolute atomic E-state index is 12.6. The number of fused-ring (bicyclic) bond motifs is 3. The van der Waals surface area contributed by atoms with Gasteiger partial charge in [0, 0.05) is 11.8 Å². The first-order valence-corrected chi connectivity index (χ1v) is 11.1. The Hall–Kier alpha value is -3.86. The highest BCUT2D eigenvalue weighted by atomic mass is 16.6. The van der Waals surface area contributed by atoms with Gasteiger partial charge in [-0.25, -0.2) is 4.79 Å². The number of tetrazole rings is 1. The quantitative estimate of drug-likeness (QED) is 0.541. The van der Waals surface area contributed by atoms with Gasteiger partial charge in [0.2, 0.25) is 5.82 Å². The predicted molar refractivity (Wildman–Crippen MR) is 121 cm³/mol. The van der Waals surface area contributed by atoms with Crippen molar-refractivity contribution in [2.75, 3.05) is 11.5 Å². The third-order valence-electron chi connectivity index (χ3n) is 6.19. The number of cyclic esters (lactones) is 1. The first kappa shape index (κ1) is 22.0. The number of nitrogens with zero attached hydrogens (tertiary/aromatic N) is 6. The molecule has 0 unspecified atom stereocenters. The van der Waals surface area contributed by atoms with Gasteiger partial charge in [0.1, 0.15) is 18.3 Å².